The summed E-state index contributed by atoms with van der Waals surface area (Å²) >= 11 is 0. The summed E-state index contributed by atoms with van der Waals surface area (Å²) in [7, 11) is 0. The molecule has 0 atom stereocenters. The van der Waals surface area contributed by atoms with Gasteiger partial charge in [-0.15, -0.1) is 10.2 Å². The summed E-state index contributed by atoms with van der Waals surface area (Å²) in [6.45, 7) is 4.05. The van der Waals surface area contributed by atoms with Crippen LogP contribution in [-0.4, -0.2) is 33.9 Å². The number of para-hydroxylation sites is 2. The van der Waals surface area contributed by atoms with E-state index in [1.54, 1.807) is 0 Å². The van der Waals surface area contributed by atoms with Gasteiger partial charge in [-0.3, -0.25) is 0 Å². The third kappa shape index (κ3) is 4.90. The first-order valence-electron chi connectivity index (χ1n) is 12.7. The van der Waals surface area contributed by atoms with Crippen LogP contribution in [0.4, 0.5) is 0 Å². The van der Waals surface area contributed by atoms with E-state index in [0.717, 1.165) is 33.9 Å². The molecule has 0 unspecified atom stereocenters. The molecule has 0 amide bonds. The Morgan fingerprint density at radius 3 is 2.15 bits per heavy atom. The normalized spacial score (nSPS) is 11.1. The fourth-order valence-electron chi connectivity index (χ4n) is 4.61. The van der Waals surface area contributed by atoms with Gasteiger partial charge in [0.2, 0.25) is 11.8 Å². The maximum atomic E-state index is 11.1. The van der Waals surface area contributed by atoms with E-state index in [-0.39, 0.29) is 6.61 Å². The Bertz CT molecular complexity index is 1730. The number of rotatable bonds is 9. The summed E-state index contributed by atoms with van der Waals surface area (Å²) in [6.07, 6.45) is 1.71. The van der Waals surface area contributed by atoms with Crippen LogP contribution < -0.4 is 4.74 Å². The number of hydrogen-bond donors (Lipinski definition) is 0. The Hall–Kier alpha value is -5.17. The van der Waals surface area contributed by atoms with Crippen molar-refractivity contribution in [3.8, 4) is 34.3 Å². The Morgan fingerprint density at radius 2 is 1.46 bits per heavy atom. The maximum absolute atomic E-state index is 11.1. The van der Waals surface area contributed by atoms with Crippen LogP contribution in [0.15, 0.2) is 114 Å². The average Bonchev–Trinajstić information content (AvgIpc) is 3.61. The van der Waals surface area contributed by atoms with Gasteiger partial charge in [0, 0.05) is 40.1 Å². The molecule has 0 aliphatic heterocycles. The molecule has 6 aromatic rings. The van der Waals surface area contributed by atoms with Crippen LogP contribution in [0.1, 0.15) is 6.42 Å². The van der Waals surface area contributed by atoms with Gasteiger partial charge in [0.1, 0.15) is 5.75 Å². The van der Waals surface area contributed by atoms with E-state index in [1.165, 1.54) is 10.8 Å². The van der Waals surface area contributed by atoms with Crippen LogP contribution >= 0.6 is 0 Å². The van der Waals surface area contributed by atoms with E-state index >= 15 is 0 Å². The SMILES string of the molecule is C=CC(=O)OCCCOc1cccc(-c2nnc(-c3ccc(-n4c5ccccc5c5ccccc54)cc3)o2)c1. The Balaban J connectivity index is 1.19. The molecular formula is C32H25N3O4. The van der Waals surface area contributed by atoms with E-state index in [0.29, 0.717) is 30.6 Å². The molecule has 2 aromatic heterocycles. The van der Waals surface area contributed by atoms with Gasteiger partial charge in [0.15, 0.2) is 0 Å². The molecule has 6 rings (SSSR count). The first-order valence-corrected chi connectivity index (χ1v) is 12.7. The fraction of sp³-hybridized carbons (Fsp3) is 0.0938. The zero-order chi connectivity index (χ0) is 26.6. The largest absolute Gasteiger partial charge is 0.493 e. The van der Waals surface area contributed by atoms with Crippen LogP contribution in [0.25, 0.3) is 50.4 Å². The Kier molecular flexibility index (Phi) is 6.62. The zero-order valence-electron chi connectivity index (χ0n) is 21.1. The number of benzene rings is 4. The van der Waals surface area contributed by atoms with E-state index in [9.17, 15) is 4.79 Å². The molecule has 7 nitrogen and oxygen atoms in total. The van der Waals surface area contributed by atoms with E-state index < -0.39 is 5.97 Å². The lowest BCUT2D eigenvalue weighted by Crippen LogP contribution is -2.06. The van der Waals surface area contributed by atoms with Gasteiger partial charge in [-0.2, -0.15) is 0 Å². The van der Waals surface area contributed by atoms with Gasteiger partial charge in [0.05, 0.1) is 24.2 Å². The van der Waals surface area contributed by atoms with E-state index in [2.05, 4.69) is 82.0 Å². The van der Waals surface area contributed by atoms with Crippen LogP contribution in [0.5, 0.6) is 5.75 Å². The monoisotopic (exact) mass is 515 g/mol. The summed E-state index contributed by atoms with van der Waals surface area (Å²) in [4.78, 5) is 11.1. The molecule has 0 saturated heterocycles. The summed E-state index contributed by atoms with van der Waals surface area (Å²) in [6, 6.07) is 32.4. The van der Waals surface area contributed by atoms with Crippen molar-refractivity contribution in [2.45, 2.75) is 6.42 Å². The third-order valence-corrected chi connectivity index (χ3v) is 6.43. The highest BCUT2D eigenvalue weighted by atomic mass is 16.5. The lowest BCUT2D eigenvalue weighted by molar-refractivity contribution is -0.137. The highest BCUT2D eigenvalue weighted by Crippen LogP contribution is 2.33. The highest BCUT2D eigenvalue weighted by molar-refractivity contribution is 6.09. The first kappa shape index (κ1) is 24.2. The second-order valence-corrected chi connectivity index (χ2v) is 8.93. The zero-order valence-corrected chi connectivity index (χ0v) is 21.1. The molecule has 7 heteroatoms. The smallest absolute Gasteiger partial charge is 0.330 e. The predicted octanol–water partition coefficient (Wildman–Crippen LogP) is 7.00. The average molecular weight is 516 g/mol. The second kappa shape index (κ2) is 10.7. The summed E-state index contributed by atoms with van der Waals surface area (Å²) in [5.74, 6) is 1.07. The minimum atomic E-state index is -0.439. The summed E-state index contributed by atoms with van der Waals surface area (Å²) in [5.41, 5.74) is 4.96. The van der Waals surface area contributed by atoms with Crippen LogP contribution in [-0.2, 0) is 9.53 Å². The predicted molar refractivity (Wildman–Crippen MR) is 151 cm³/mol. The molecule has 39 heavy (non-hydrogen) atoms. The van der Waals surface area contributed by atoms with Crippen LogP contribution in [0.2, 0.25) is 0 Å². The van der Waals surface area contributed by atoms with Crippen molar-refractivity contribution in [3.63, 3.8) is 0 Å². The Labute approximate surface area is 224 Å². The first-order chi connectivity index (χ1) is 19.2. The molecule has 0 saturated carbocycles. The van der Waals surface area contributed by atoms with Crippen molar-refractivity contribution >= 4 is 27.8 Å². The van der Waals surface area contributed by atoms with Gasteiger partial charge < -0.3 is 18.5 Å². The standard InChI is InChI=1S/C32H25N3O4/c1-2-30(36)38-20-8-19-37-25-10-7-9-23(21-25)32-34-33-31(39-32)22-15-17-24(18-16-22)35-28-13-5-3-11-26(28)27-12-4-6-14-29(27)35/h2-7,9-18,21H,1,8,19-20H2. The molecule has 192 valence electrons. The summed E-state index contributed by atoms with van der Waals surface area (Å²) < 4.78 is 19.0. The third-order valence-electron chi connectivity index (χ3n) is 6.43. The molecule has 0 spiro atoms. The van der Waals surface area contributed by atoms with Crippen molar-refractivity contribution in [2.75, 3.05) is 13.2 Å². The van der Waals surface area contributed by atoms with Crippen molar-refractivity contribution in [1.82, 2.24) is 14.8 Å². The molecule has 0 bridgehead atoms. The lowest BCUT2D eigenvalue weighted by Gasteiger charge is -2.08. The molecule has 0 N–H and O–H groups in total. The maximum Gasteiger partial charge on any atom is 0.330 e. The molecule has 0 fully saturated rings. The highest BCUT2D eigenvalue weighted by Gasteiger charge is 2.14. The second-order valence-electron chi connectivity index (χ2n) is 8.93. The number of hydrogen-bond acceptors (Lipinski definition) is 6. The Morgan fingerprint density at radius 1 is 0.795 bits per heavy atom. The molecular weight excluding hydrogens is 490 g/mol. The topological polar surface area (TPSA) is 79.4 Å². The molecule has 2 heterocycles. The number of fused-ring (bicyclic) bond motifs is 3. The van der Waals surface area contributed by atoms with Gasteiger partial charge >= 0.3 is 5.97 Å². The number of ether oxygens (including phenoxy) is 2. The van der Waals surface area contributed by atoms with Gasteiger partial charge in [0.25, 0.3) is 0 Å². The fourth-order valence-corrected chi connectivity index (χ4v) is 4.61. The van der Waals surface area contributed by atoms with Gasteiger partial charge in [-0.05, 0) is 54.6 Å². The molecule has 0 aliphatic rings. The lowest BCUT2D eigenvalue weighted by atomic mass is 10.2. The quantitative estimate of drug-likeness (QED) is 0.117. The number of carbonyl (C=O) groups excluding carboxylic acids is 1. The minimum absolute atomic E-state index is 0.271. The number of nitrogens with zero attached hydrogens (tertiary/aromatic N) is 3. The van der Waals surface area contributed by atoms with Gasteiger partial charge in [-0.25, -0.2) is 4.79 Å². The van der Waals surface area contributed by atoms with E-state index in [1.807, 2.05) is 36.4 Å². The molecule has 0 radical (unpaired) electrons. The van der Waals surface area contributed by atoms with Crippen LogP contribution in [0.3, 0.4) is 0 Å². The van der Waals surface area contributed by atoms with Crippen LogP contribution in [0, 0.1) is 0 Å². The summed E-state index contributed by atoms with van der Waals surface area (Å²) in [5, 5.41) is 11.0. The molecule has 4 aromatic carbocycles. The molecule has 0 aliphatic carbocycles. The van der Waals surface area contributed by atoms with Gasteiger partial charge in [-0.1, -0.05) is 49.0 Å². The minimum Gasteiger partial charge on any atom is -0.493 e. The number of esters is 1. The number of carbonyl (C=O) groups is 1. The number of aromatic nitrogens is 3. The van der Waals surface area contributed by atoms with Crippen molar-refractivity contribution in [2.24, 2.45) is 0 Å². The van der Waals surface area contributed by atoms with Crippen molar-refractivity contribution in [3.05, 3.63) is 110 Å². The van der Waals surface area contributed by atoms with Crippen molar-refractivity contribution < 1.29 is 18.7 Å². The van der Waals surface area contributed by atoms with Crippen molar-refractivity contribution in [1.29, 1.82) is 0 Å². The van der Waals surface area contributed by atoms with E-state index in [4.69, 9.17) is 13.9 Å².